The van der Waals surface area contributed by atoms with Gasteiger partial charge in [0.25, 0.3) is 0 Å². The van der Waals surface area contributed by atoms with Gasteiger partial charge < -0.3 is 0 Å². The lowest BCUT2D eigenvalue weighted by Gasteiger charge is -1.94. The fourth-order valence-electron chi connectivity index (χ4n) is 1.95. The maximum Gasteiger partial charge on any atom is 0.235 e. The molecule has 0 aliphatic rings. The van der Waals surface area contributed by atoms with Gasteiger partial charge in [-0.05, 0) is 29.8 Å². The minimum Gasteiger partial charge on any atom is -0.259 e. The van der Waals surface area contributed by atoms with E-state index in [-0.39, 0.29) is 0 Å². The number of rotatable bonds is 3. The summed E-state index contributed by atoms with van der Waals surface area (Å²) >= 11 is 0. The topological polar surface area (TPSA) is 132 Å². The molecule has 0 amide bonds. The van der Waals surface area contributed by atoms with Crippen LogP contribution in [0.5, 0.6) is 0 Å². The number of nitrogens with zero attached hydrogens (tertiary/aromatic N) is 5. The molecule has 3 rings (SSSR count). The second kappa shape index (κ2) is 9.11. The van der Waals surface area contributed by atoms with Crippen molar-refractivity contribution in [1.82, 2.24) is 15.4 Å². The van der Waals surface area contributed by atoms with Crippen LogP contribution in [0, 0.1) is 32.8 Å². The Bertz CT molecular complexity index is 997. The first kappa shape index (κ1) is 18.0. The summed E-state index contributed by atoms with van der Waals surface area (Å²) in [6.07, 6.45) is 3.81. The molecular weight excluding hydrogens is 332 g/mol. The van der Waals surface area contributed by atoms with Crippen molar-refractivity contribution < 1.29 is 4.92 Å². The zero-order chi connectivity index (χ0) is 18.8. The number of hydrogen-bond acceptors (Lipinski definition) is 6. The minimum absolute atomic E-state index is 0.491. The van der Waals surface area contributed by atoms with Crippen molar-refractivity contribution in [2.24, 2.45) is 0 Å². The summed E-state index contributed by atoms with van der Waals surface area (Å²) in [6, 6.07) is 17.9. The molecule has 0 aliphatic carbocycles. The Morgan fingerprint density at radius 2 is 1.77 bits per heavy atom. The van der Waals surface area contributed by atoms with Gasteiger partial charge in [0, 0.05) is 11.6 Å². The van der Waals surface area contributed by atoms with Crippen LogP contribution in [0.25, 0.3) is 17.3 Å². The van der Waals surface area contributed by atoms with Crippen molar-refractivity contribution in [3.63, 3.8) is 0 Å². The average molecular weight is 344 g/mol. The van der Waals surface area contributed by atoms with Crippen LogP contribution in [0.3, 0.4) is 0 Å². The van der Waals surface area contributed by atoms with E-state index >= 15 is 0 Å². The molecule has 0 saturated carbocycles. The molecule has 26 heavy (non-hydrogen) atoms. The summed E-state index contributed by atoms with van der Waals surface area (Å²) in [6.45, 7) is 0. The lowest BCUT2D eigenvalue weighted by atomic mass is 10.1. The molecule has 126 valence electrons. The summed E-state index contributed by atoms with van der Waals surface area (Å²) in [5, 5.41) is 37.3. The lowest BCUT2D eigenvalue weighted by Crippen LogP contribution is -1.82. The van der Waals surface area contributed by atoms with Crippen LogP contribution in [0.15, 0.2) is 60.9 Å². The molecule has 1 aromatic heterocycles. The van der Waals surface area contributed by atoms with Gasteiger partial charge >= 0.3 is 0 Å². The second-order valence-corrected chi connectivity index (χ2v) is 4.89. The molecule has 0 atom stereocenters. The van der Waals surface area contributed by atoms with Crippen molar-refractivity contribution in [1.29, 1.82) is 10.5 Å². The van der Waals surface area contributed by atoms with Gasteiger partial charge in [-0.3, -0.25) is 10.1 Å². The standard InChI is InChI=1S/C9H6N4.C9H6N2O2/c10-5-7-2-1-3-8(4-7)9-6-11-13-12-9;10-7-9-3-1-2-8(6-9)4-5-11(12)13/h1-4,6H,(H,11,12,13);1-6H/b;5-4+. The number of aromatic nitrogens is 3. The largest absolute Gasteiger partial charge is 0.259 e. The predicted molar refractivity (Wildman–Crippen MR) is 93.7 cm³/mol. The van der Waals surface area contributed by atoms with Crippen molar-refractivity contribution >= 4 is 6.08 Å². The van der Waals surface area contributed by atoms with Crippen LogP contribution in [-0.2, 0) is 0 Å². The molecule has 1 N–H and O–H groups in total. The molecular formula is C18H12N6O2. The molecule has 8 heteroatoms. The van der Waals surface area contributed by atoms with Gasteiger partial charge in [0.1, 0.15) is 5.69 Å². The van der Waals surface area contributed by atoms with Gasteiger partial charge in [-0.1, -0.05) is 24.3 Å². The maximum atomic E-state index is 9.98. The SMILES string of the molecule is N#Cc1cccc(-c2cn[nH]n2)c1.N#Cc1cccc(/C=C/[N+](=O)[O-])c1. The molecule has 8 nitrogen and oxygen atoms in total. The van der Waals surface area contributed by atoms with Crippen LogP contribution in [0.1, 0.15) is 16.7 Å². The third-order valence-electron chi connectivity index (χ3n) is 3.11. The average Bonchev–Trinajstić information content (AvgIpc) is 3.22. The smallest absolute Gasteiger partial charge is 0.235 e. The number of benzene rings is 2. The van der Waals surface area contributed by atoms with E-state index in [1.165, 1.54) is 6.08 Å². The number of hydrogen-bond donors (Lipinski definition) is 1. The molecule has 0 radical (unpaired) electrons. The monoisotopic (exact) mass is 344 g/mol. The summed E-state index contributed by atoms with van der Waals surface area (Å²) < 4.78 is 0. The molecule has 0 unspecified atom stereocenters. The van der Waals surface area contributed by atoms with E-state index in [1.807, 2.05) is 18.2 Å². The number of nitrogens with one attached hydrogen (secondary N) is 1. The Labute approximate surface area is 148 Å². The maximum absolute atomic E-state index is 9.98. The van der Waals surface area contributed by atoms with E-state index in [9.17, 15) is 10.1 Å². The van der Waals surface area contributed by atoms with E-state index in [2.05, 4.69) is 21.5 Å². The zero-order valence-corrected chi connectivity index (χ0v) is 13.4. The second-order valence-electron chi connectivity index (χ2n) is 4.89. The van der Waals surface area contributed by atoms with Gasteiger partial charge in [0.15, 0.2) is 0 Å². The Kier molecular flexibility index (Phi) is 6.32. The van der Waals surface area contributed by atoms with Crippen molar-refractivity contribution in [3.05, 3.63) is 87.7 Å². The molecule has 0 bridgehead atoms. The Morgan fingerprint density at radius 3 is 2.38 bits per heavy atom. The first-order valence-corrected chi connectivity index (χ1v) is 7.30. The van der Waals surface area contributed by atoms with E-state index < -0.39 is 4.92 Å². The van der Waals surface area contributed by atoms with Crippen molar-refractivity contribution in [2.75, 3.05) is 0 Å². The molecule has 0 fully saturated rings. The van der Waals surface area contributed by atoms with Gasteiger partial charge in [0.2, 0.25) is 6.20 Å². The first-order valence-electron chi connectivity index (χ1n) is 7.30. The number of nitriles is 2. The third-order valence-corrected chi connectivity index (χ3v) is 3.11. The quantitative estimate of drug-likeness (QED) is 0.573. The minimum atomic E-state index is -0.543. The number of nitro groups is 1. The van der Waals surface area contributed by atoms with E-state index in [0.29, 0.717) is 16.7 Å². The number of H-pyrrole nitrogens is 1. The molecule has 0 saturated heterocycles. The molecule has 3 aromatic rings. The Morgan fingerprint density at radius 1 is 1.08 bits per heavy atom. The highest BCUT2D eigenvalue weighted by atomic mass is 16.6. The molecule has 0 spiro atoms. The molecule has 2 aromatic carbocycles. The Balaban J connectivity index is 0.000000187. The zero-order valence-electron chi connectivity index (χ0n) is 13.4. The van der Waals surface area contributed by atoms with Crippen LogP contribution in [0.2, 0.25) is 0 Å². The highest BCUT2D eigenvalue weighted by molar-refractivity contribution is 5.59. The van der Waals surface area contributed by atoms with E-state index in [0.717, 1.165) is 17.5 Å². The van der Waals surface area contributed by atoms with Crippen LogP contribution in [0.4, 0.5) is 0 Å². The Hall–Kier alpha value is -4.30. The molecule has 1 heterocycles. The summed E-state index contributed by atoms with van der Waals surface area (Å²) in [5.74, 6) is 0. The van der Waals surface area contributed by atoms with Crippen molar-refractivity contribution in [3.8, 4) is 23.4 Å². The summed E-state index contributed by atoms with van der Waals surface area (Å²) in [5.41, 5.74) is 3.41. The highest BCUT2D eigenvalue weighted by Gasteiger charge is 2.00. The van der Waals surface area contributed by atoms with Crippen LogP contribution >= 0.6 is 0 Å². The van der Waals surface area contributed by atoms with Gasteiger partial charge in [0.05, 0.1) is 34.4 Å². The van der Waals surface area contributed by atoms with Crippen LogP contribution in [-0.4, -0.2) is 20.3 Å². The van der Waals surface area contributed by atoms with Crippen LogP contribution < -0.4 is 0 Å². The van der Waals surface area contributed by atoms with E-state index in [4.69, 9.17) is 10.5 Å². The summed E-state index contributed by atoms with van der Waals surface area (Å²) in [7, 11) is 0. The highest BCUT2D eigenvalue weighted by Crippen LogP contribution is 2.15. The fourth-order valence-corrected chi connectivity index (χ4v) is 1.95. The first-order chi connectivity index (χ1) is 12.6. The number of aromatic amines is 1. The van der Waals surface area contributed by atoms with Gasteiger partial charge in [-0.15, -0.1) is 0 Å². The predicted octanol–water partition coefficient (Wildman–Crippen LogP) is 3.15. The molecule has 0 aliphatic heterocycles. The van der Waals surface area contributed by atoms with Crippen molar-refractivity contribution in [2.45, 2.75) is 0 Å². The van der Waals surface area contributed by atoms with E-state index in [1.54, 1.807) is 42.6 Å². The normalized spacial score (nSPS) is 9.62. The van der Waals surface area contributed by atoms with Gasteiger partial charge in [-0.25, -0.2) is 0 Å². The summed E-state index contributed by atoms with van der Waals surface area (Å²) in [4.78, 5) is 9.44. The fraction of sp³-hybridized carbons (Fsp3) is 0. The third kappa shape index (κ3) is 5.41. The lowest BCUT2D eigenvalue weighted by molar-refractivity contribution is -0.400. The van der Waals surface area contributed by atoms with Gasteiger partial charge in [-0.2, -0.15) is 25.9 Å².